The summed E-state index contributed by atoms with van der Waals surface area (Å²) in [6.07, 6.45) is 4.63. The molecule has 0 atom stereocenters. The number of amides is 2. The van der Waals surface area contributed by atoms with E-state index in [1.165, 1.54) is 42.9 Å². The minimum Gasteiger partial charge on any atom is -0.365 e. The third kappa shape index (κ3) is 4.30. The van der Waals surface area contributed by atoms with Crippen LogP contribution < -0.4 is 11.1 Å². The second kappa shape index (κ2) is 9.63. The molecule has 0 saturated heterocycles. The fourth-order valence-electron chi connectivity index (χ4n) is 7.72. The number of halogens is 2. The number of alkyl halides is 2. The Kier molecular flexibility index (Phi) is 6.21. The van der Waals surface area contributed by atoms with Crippen molar-refractivity contribution in [3.05, 3.63) is 55.7 Å². The maximum atomic E-state index is 13.8. The quantitative estimate of drug-likeness (QED) is 0.176. The van der Waals surface area contributed by atoms with Crippen molar-refractivity contribution in [2.45, 2.75) is 57.4 Å². The van der Waals surface area contributed by atoms with Gasteiger partial charge in [-0.2, -0.15) is 5.10 Å². The third-order valence-corrected chi connectivity index (χ3v) is 11.1. The second-order valence-corrected chi connectivity index (χ2v) is 14.1. The van der Waals surface area contributed by atoms with Gasteiger partial charge >= 0.3 is 5.69 Å². The van der Waals surface area contributed by atoms with Crippen LogP contribution >= 0.6 is 22.7 Å². The van der Waals surface area contributed by atoms with E-state index in [1.54, 1.807) is 10.7 Å². The molecule has 4 bridgehead atoms. The molecule has 4 heterocycles. The highest BCUT2D eigenvalue weighted by molar-refractivity contribution is 7.21. The average molecular weight is 613 g/mol. The van der Waals surface area contributed by atoms with Crippen LogP contribution in [0, 0.1) is 34.8 Å². The number of aryl methyl sites for hydroxylation is 1. The van der Waals surface area contributed by atoms with Gasteiger partial charge in [-0.1, -0.05) is 0 Å². The first-order valence-electron chi connectivity index (χ1n) is 13.7. The summed E-state index contributed by atoms with van der Waals surface area (Å²) in [5, 5.41) is 19.5. The molecule has 42 heavy (non-hydrogen) atoms. The molecule has 4 fully saturated rings. The molecule has 0 unspecified atom stereocenters. The number of anilines is 1. The topological polar surface area (TPSA) is 146 Å². The van der Waals surface area contributed by atoms with Crippen LogP contribution in [-0.2, 0) is 5.54 Å². The van der Waals surface area contributed by atoms with E-state index < -0.39 is 34.5 Å². The number of aromatic nitrogens is 3. The smallest absolute Gasteiger partial charge is 0.320 e. The highest BCUT2D eigenvalue weighted by atomic mass is 32.1. The van der Waals surface area contributed by atoms with Crippen molar-refractivity contribution < 1.29 is 23.3 Å². The van der Waals surface area contributed by atoms with Crippen LogP contribution in [0.1, 0.15) is 75.7 Å². The standard InChI is InChI=1S/C28H26F2N6O4S2/c1-12-2-3-19(41-12)16-7-17(24(29)30)32-27-20(16)22(23(42-27)25(31)37)33-26(38)21-18(36(39)40)11-35(34-21)28-8-13-4-14(9-28)6-15(5-13)10-28/h2-3,7,11,13-15,24H,4-6,8-10H2,1H3,(H2,31,37)(H,33,38). The molecule has 0 aromatic carbocycles. The third-order valence-electron chi connectivity index (χ3n) is 8.97. The van der Waals surface area contributed by atoms with Crippen molar-refractivity contribution in [3.63, 3.8) is 0 Å². The first-order valence-corrected chi connectivity index (χ1v) is 15.3. The van der Waals surface area contributed by atoms with E-state index in [-0.39, 0.29) is 32.0 Å². The van der Waals surface area contributed by atoms with Crippen LogP contribution in [-0.4, -0.2) is 31.5 Å². The lowest BCUT2D eigenvalue weighted by Crippen LogP contribution is -2.52. The summed E-state index contributed by atoms with van der Waals surface area (Å²) in [6, 6.07) is 4.82. The number of carbonyl (C=O) groups excluding carboxylic acids is 2. The highest BCUT2D eigenvalue weighted by Gasteiger charge is 2.53. The largest absolute Gasteiger partial charge is 0.365 e. The summed E-state index contributed by atoms with van der Waals surface area (Å²) in [5.74, 6) is -0.126. The molecule has 3 N–H and O–H groups in total. The molecular weight excluding hydrogens is 586 g/mol. The Morgan fingerprint density at radius 3 is 2.38 bits per heavy atom. The normalized spacial score (nSPS) is 24.5. The number of hydrogen-bond donors (Lipinski definition) is 2. The second-order valence-electron chi connectivity index (χ2n) is 11.8. The van der Waals surface area contributed by atoms with Crippen molar-refractivity contribution in [3.8, 4) is 10.4 Å². The summed E-state index contributed by atoms with van der Waals surface area (Å²) in [6.45, 7) is 1.87. The van der Waals surface area contributed by atoms with Crippen molar-refractivity contribution in [2.24, 2.45) is 23.5 Å². The Labute approximate surface area is 246 Å². The molecule has 0 aliphatic heterocycles. The Morgan fingerprint density at radius 2 is 1.83 bits per heavy atom. The maximum absolute atomic E-state index is 13.8. The van der Waals surface area contributed by atoms with Gasteiger partial charge in [-0.15, -0.1) is 22.7 Å². The van der Waals surface area contributed by atoms with E-state index in [4.69, 9.17) is 5.73 Å². The van der Waals surface area contributed by atoms with E-state index in [1.807, 2.05) is 13.0 Å². The van der Waals surface area contributed by atoms with Crippen molar-refractivity contribution >= 4 is 56.1 Å². The number of primary amides is 1. The number of pyridine rings is 1. The number of nitrogens with zero attached hydrogens (tertiary/aromatic N) is 4. The van der Waals surface area contributed by atoms with E-state index in [0.29, 0.717) is 28.2 Å². The Hall–Kier alpha value is -3.78. The lowest BCUT2D eigenvalue weighted by atomic mass is 9.53. The van der Waals surface area contributed by atoms with Crippen LogP contribution in [0.5, 0.6) is 0 Å². The average Bonchev–Trinajstić information content (AvgIpc) is 3.65. The molecule has 4 aromatic heterocycles. The number of carbonyl (C=O) groups is 2. The Bertz CT molecular complexity index is 1760. The number of thiophene rings is 2. The van der Waals surface area contributed by atoms with Crippen LogP contribution in [0.4, 0.5) is 20.2 Å². The molecule has 4 aliphatic carbocycles. The zero-order valence-corrected chi connectivity index (χ0v) is 24.1. The van der Waals surface area contributed by atoms with Gasteiger partial charge in [0.05, 0.1) is 16.1 Å². The van der Waals surface area contributed by atoms with Crippen molar-refractivity contribution in [1.29, 1.82) is 0 Å². The molecule has 218 valence electrons. The van der Waals surface area contributed by atoms with Crippen molar-refractivity contribution in [2.75, 3.05) is 5.32 Å². The number of hydrogen-bond acceptors (Lipinski definition) is 8. The first-order chi connectivity index (χ1) is 20.0. The monoisotopic (exact) mass is 612 g/mol. The zero-order chi connectivity index (χ0) is 29.5. The summed E-state index contributed by atoms with van der Waals surface area (Å²) in [5.41, 5.74) is 4.32. The predicted octanol–water partition coefficient (Wildman–Crippen LogP) is 6.65. The van der Waals surface area contributed by atoms with Gasteiger partial charge in [0, 0.05) is 20.7 Å². The minimum absolute atomic E-state index is 0.0273. The van der Waals surface area contributed by atoms with Gasteiger partial charge in [0.15, 0.2) is 0 Å². The molecule has 4 saturated carbocycles. The van der Waals surface area contributed by atoms with Gasteiger partial charge in [-0.05, 0) is 81.4 Å². The summed E-state index contributed by atoms with van der Waals surface area (Å²) in [4.78, 5) is 43.3. The van der Waals surface area contributed by atoms with E-state index in [0.717, 1.165) is 35.5 Å². The molecule has 10 nitrogen and oxygen atoms in total. The van der Waals surface area contributed by atoms with Gasteiger partial charge in [0.2, 0.25) is 5.69 Å². The van der Waals surface area contributed by atoms with Crippen LogP contribution in [0.3, 0.4) is 0 Å². The summed E-state index contributed by atoms with van der Waals surface area (Å²) >= 11 is 2.13. The predicted molar refractivity (Wildman–Crippen MR) is 154 cm³/mol. The zero-order valence-electron chi connectivity index (χ0n) is 22.4. The highest BCUT2D eigenvalue weighted by Crippen LogP contribution is 2.59. The minimum atomic E-state index is -2.87. The molecule has 0 radical (unpaired) electrons. The Morgan fingerprint density at radius 1 is 1.17 bits per heavy atom. The van der Waals surface area contributed by atoms with Gasteiger partial charge in [-0.25, -0.2) is 13.8 Å². The van der Waals surface area contributed by atoms with Gasteiger partial charge < -0.3 is 11.1 Å². The number of fused-ring (bicyclic) bond motifs is 1. The molecule has 4 aliphatic rings. The molecule has 2 amide bonds. The van der Waals surface area contributed by atoms with Gasteiger partial charge in [0.1, 0.15) is 21.6 Å². The molecule has 4 aromatic rings. The van der Waals surface area contributed by atoms with Gasteiger partial charge in [0.25, 0.3) is 18.2 Å². The van der Waals surface area contributed by atoms with Crippen LogP contribution in [0.25, 0.3) is 20.7 Å². The summed E-state index contributed by atoms with van der Waals surface area (Å²) < 4.78 is 29.2. The van der Waals surface area contributed by atoms with E-state index in [9.17, 15) is 28.5 Å². The maximum Gasteiger partial charge on any atom is 0.320 e. The lowest BCUT2D eigenvalue weighted by molar-refractivity contribution is -0.385. The summed E-state index contributed by atoms with van der Waals surface area (Å²) in [7, 11) is 0. The van der Waals surface area contributed by atoms with Crippen LogP contribution in [0.2, 0.25) is 0 Å². The number of nitro groups is 1. The molecule has 8 rings (SSSR count). The molecular formula is C28H26F2N6O4S2. The Balaban J connectivity index is 1.33. The van der Waals surface area contributed by atoms with E-state index >= 15 is 0 Å². The molecule has 0 spiro atoms. The lowest BCUT2D eigenvalue weighted by Gasteiger charge is -2.56. The van der Waals surface area contributed by atoms with Crippen molar-refractivity contribution in [1.82, 2.24) is 14.8 Å². The number of nitrogens with two attached hydrogens (primary N) is 1. The number of nitrogens with one attached hydrogen (secondary N) is 1. The fraction of sp³-hybridized carbons (Fsp3) is 0.429. The number of rotatable bonds is 7. The fourth-order valence-corrected chi connectivity index (χ4v) is 9.62. The first kappa shape index (κ1) is 27.1. The van der Waals surface area contributed by atoms with E-state index in [2.05, 4.69) is 15.4 Å². The molecule has 14 heteroatoms. The SMILES string of the molecule is Cc1ccc(-c2cc(C(F)F)nc3sc(C(N)=O)c(NC(=O)c4nn(C56CC7CC(CC(C7)C5)C6)cc4[N+](=O)[O-])c23)s1. The van der Waals surface area contributed by atoms with Gasteiger partial charge in [-0.3, -0.25) is 24.4 Å². The van der Waals surface area contributed by atoms with Crippen LogP contribution in [0.15, 0.2) is 24.4 Å².